The van der Waals surface area contributed by atoms with Crippen LogP contribution in [0.1, 0.15) is 30.6 Å². The van der Waals surface area contributed by atoms with Crippen LogP contribution in [0.25, 0.3) is 0 Å². The zero-order valence-corrected chi connectivity index (χ0v) is 9.04. The third-order valence-electron chi connectivity index (χ3n) is 1.88. The van der Waals surface area contributed by atoms with E-state index in [-0.39, 0.29) is 0 Å². The van der Waals surface area contributed by atoms with Crippen LogP contribution in [0, 0.1) is 0 Å². The van der Waals surface area contributed by atoms with E-state index in [2.05, 4.69) is 18.8 Å². The van der Waals surface area contributed by atoms with E-state index < -0.39 is 5.97 Å². The second kappa shape index (κ2) is 5.00. The summed E-state index contributed by atoms with van der Waals surface area (Å²) in [5.74, 6) is -0.904. The minimum absolute atomic E-state index is 0.297. The minimum Gasteiger partial charge on any atom is -0.478 e. The molecule has 1 heterocycles. The van der Waals surface area contributed by atoms with Crippen LogP contribution in [0.4, 0.5) is 0 Å². The van der Waals surface area contributed by atoms with Gasteiger partial charge in [-0.2, -0.15) is 0 Å². The molecule has 0 saturated heterocycles. The Kier molecular flexibility index (Phi) is 3.95. The first kappa shape index (κ1) is 11.0. The van der Waals surface area contributed by atoms with Gasteiger partial charge < -0.3 is 5.11 Å². The Morgan fingerprint density at radius 3 is 3.00 bits per heavy atom. The van der Waals surface area contributed by atoms with Gasteiger partial charge in [0.2, 0.25) is 0 Å². The van der Waals surface area contributed by atoms with E-state index in [0.29, 0.717) is 10.8 Å². The normalized spacial score (nSPS) is 12.4. The van der Waals surface area contributed by atoms with Crippen LogP contribution < -0.4 is 0 Å². The van der Waals surface area contributed by atoms with Crippen LogP contribution in [0.2, 0.25) is 0 Å². The number of nitrogens with zero attached hydrogens (tertiary/aromatic N) is 1. The van der Waals surface area contributed by atoms with Gasteiger partial charge in [0.05, 0.1) is 10.6 Å². The highest BCUT2D eigenvalue weighted by atomic mass is 32.2. The van der Waals surface area contributed by atoms with Gasteiger partial charge in [0.25, 0.3) is 0 Å². The largest absolute Gasteiger partial charge is 0.478 e. The number of pyridine rings is 1. The molecule has 1 aromatic rings. The molecule has 0 fully saturated rings. The number of thioether (sulfide) groups is 1. The molecular weight excluding hydrogens is 198 g/mol. The first-order chi connectivity index (χ1) is 6.63. The minimum atomic E-state index is -0.904. The van der Waals surface area contributed by atoms with Gasteiger partial charge in [-0.1, -0.05) is 13.8 Å². The third-order valence-corrected chi connectivity index (χ3v) is 3.08. The predicted octanol–water partition coefficient (Wildman–Crippen LogP) is 2.67. The molecule has 14 heavy (non-hydrogen) atoms. The van der Waals surface area contributed by atoms with E-state index in [4.69, 9.17) is 5.11 Å². The summed E-state index contributed by atoms with van der Waals surface area (Å²) in [4.78, 5) is 14.8. The topological polar surface area (TPSA) is 50.2 Å². The molecule has 0 bridgehead atoms. The van der Waals surface area contributed by atoms with Gasteiger partial charge >= 0.3 is 5.97 Å². The van der Waals surface area contributed by atoms with Crippen molar-refractivity contribution in [2.45, 2.75) is 30.5 Å². The summed E-state index contributed by atoms with van der Waals surface area (Å²) in [7, 11) is 0. The van der Waals surface area contributed by atoms with E-state index in [1.807, 2.05) is 0 Å². The molecule has 0 saturated carbocycles. The Hall–Kier alpha value is -1.03. The molecule has 76 valence electrons. The lowest BCUT2D eigenvalue weighted by Crippen LogP contribution is -1.98. The molecule has 0 spiro atoms. The maximum atomic E-state index is 10.7. The Morgan fingerprint density at radius 2 is 2.43 bits per heavy atom. The second-order valence-electron chi connectivity index (χ2n) is 3.02. The standard InChI is InChI=1S/C10H13NO2S/c1-3-7(2)14-9-6-8(10(12)13)4-5-11-9/h4-7H,3H2,1-2H3,(H,12,13). The summed E-state index contributed by atoms with van der Waals surface area (Å²) in [5.41, 5.74) is 0.297. The highest BCUT2D eigenvalue weighted by Gasteiger charge is 2.07. The lowest BCUT2D eigenvalue weighted by molar-refractivity contribution is 0.0696. The number of carboxylic acids is 1. The number of hydrogen-bond donors (Lipinski definition) is 1. The van der Waals surface area contributed by atoms with E-state index in [9.17, 15) is 4.79 Å². The third kappa shape index (κ3) is 3.03. The fourth-order valence-electron chi connectivity index (χ4n) is 0.896. The van der Waals surface area contributed by atoms with Crippen molar-refractivity contribution in [3.8, 4) is 0 Å². The number of carbonyl (C=O) groups is 1. The average Bonchev–Trinajstić information content (AvgIpc) is 2.18. The van der Waals surface area contributed by atoms with Gasteiger partial charge in [-0.3, -0.25) is 0 Å². The molecule has 4 heteroatoms. The number of hydrogen-bond acceptors (Lipinski definition) is 3. The molecule has 0 aliphatic heterocycles. The maximum absolute atomic E-state index is 10.7. The average molecular weight is 211 g/mol. The van der Waals surface area contributed by atoms with Crippen LogP contribution in [-0.4, -0.2) is 21.3 Å². The Morgan fingerprint density at radius 1 is 1.71 bits per heavy atom. The van der Waals surface area contributed by atoms with Crippen LogP contribution in [0.5, 0.6) is 0 Å². The Labute approximate surface area is 87.6 Å². The summed E-state index contributed by atoms with van der Waals surface area (Å²) in [6, 6.07) is 3.11. The first-order valence-corrected chi connectivity index (χ1v) is 5.37. The van der Waals surface area contributed by atoms with Gasteiger partial charge in [-0.25, -0.2) is 9.78 Å². The zero-order chi connectivity index (χ0) is 10.6. The number of aromatic nitrogens is 1. The smallest absolute Gasteiger partial charge is 0.335 e. The van der Waals surface area contributed by atoms with E-state index in [0.717, 1.165) is 11.4 Å². The van der Waals surface area contributed by atoms with Crippen molar-refractivity contribution in [3.05, 3.63) is 23.9 Å². The summed E-state index contributed by atoms with van der Waals surface area (Å²) < 4.78 is 0. The molecule has 0 aliphatic rings. The molecule has 1 atom stereocenters. The van der Waals surface area contributed by atoms with Gasteiger partial charge in [0, 0.05) is 11.4 Å². The zero-order valence-electron chi connectivity index (χ0n) is 8.23. The monoisotopic (exact) mass is 211 g/mol. The summed E-state index contributed by atoms with van der Waals surface area (Å²) >= 11 is 1.60. The van der Waals surface area contributed by atoms with Crippen molar-refractivity contribution >= 4 is 17.7 Å². The van der Waals surface area contributed by atoms with Crippen molar-refractivity contribution in [2.75, 3.05) is 0 Å². The van der Waals surface area contributed by atoms with Crippen LogP contribution >= 0.6 is 11.8 Å². The maximum Gasteiger partial charge on any atom is 0.335 e. The number of rotatable bonds is 4. The first-order valence-electron chi connectivity index (χ1n) is 4.49. The molecule has 1 unspecified atom stereocenters. The fraction of sp³-hybridized carbons (Fsp3) is 0.400. The van der Waals surface area contributed by atoms with Crippen molar-refractivity contribution < 1.29 is 9.90 Å². The van der Waals surface area contributed by atoms with Crippen LogP contribution in [0.3, 0.4) is 0 Å². The molecule has 1 N–H and O–H groups in total. The summed E-state index contributed by atoms with van der Waals surface area (Å²) in [6.45, 7) is 4.19. The second-order valence-corrected chi connectivity index (χ2v) is 4.48. The van der Waals surface area contributed by atoms with Crippen molar-refractivity contribution in [2.24, 2.45) is 0 Å². The Balaban J connectivity index is 2.78. The van der Waals surface area contributed by atoms with Gasteiger partial charge in [-0.15, -0.1) is 11.8 Å². The highest BCUT2D eigenvalue weighted by Crippen LogP contribution is 2.23. The Bertz CT molecular complexity index is 328. The molecule has 0 amide bonds. The van der Waals surface area contributed by atoms with E-state index >= 15 is 0 Å². The van der Waals surface area contributed by atoms with Gasteiger partial charge in [0.15, 0.2) is 0 Å². The molecule has 0 radical (unpaired) electrons. The number of carboxylic acid groups (broad SMARTS) is 1. The molecule has 0 aliphatic carbocycles. The molecule has 3 nitrogen and oxygen atoms in total. The van der Waals surface area contributed by atoms with Crippen LogP contribution in [-0.2, 0) is 0 Å². The van der Waals surface area contributed by atoms with E-state index in [1.54, 1.807) is 17.8 Å². The van der Waals surface area contributed by atoms with Gasteiger partial charge in [0.1, 0.15) is 0 Å². The highest BCUT2D eigenvalue weighted by molar-refractivity contribution is 7.99. The van der Waals surface area contributed by atoms with Gasteiger partial charge in [-0.05, 0) is 18.6 Å². The predicted molar refractivity (Wildman–Crippen MR) is 56.8 cm³/mol. The van der Waals surface area contributed by atoms with E-state index in [1.165, 1.54) is 12.3 Å². The number of aromatic carboxylic acids is 1. The quantitative estimate of drug-likeness (QED) is 0.778. The fourth-order valence-corrected chi connectivity index (χ4v) is 1.79. The van der Waals surface area contributed by atoms with Crippen molar-refractivity contribution in [1.29, 1.82) is 0 Å². The molecule has 1 rings (SSSR count). The molecular formula is C10H13NO2S. The molecule has 1 aromatic heterocycles. The van der Waals surface area contributed by atoms with Crippen molar-refractivity contribution in [1.82, 2.24) is 4.98 Å². The lowest BCUT2D eigenvalue weighted by Gasteiger charge is -2.06. The summed E-state index contributed by atoms with van der Waals surface area (Å²) in [6.07, 6.45) is 2.58. The lowest BCUT2D eigenvalue weighted by atomic mass is 10.3. The summed E-state index contributed by atoms with van der Waals surface area (Å²) in [5, 5.41) is 10.0. The molecule has 0 aromatic carbocycles. The van der Waals surface area contributed by atoms with Crippen molar-refractivity contribution in [3.63, 3.8) is 0 Å². The van der Waals surface area contributed by atoms with Crippen LogP contribution in [0.15, 0.2) is 23.4 Å². The SMILES string of the molecule is CCC(C)Sc1cc(C(=O)O)ccn1.